The van der Waals surface area contributed by atoms with Gasteiger partial charge in [-0.05, 0) is 36.4 Å². The molecular weight excluding hydrogens is 216 g/mol. The van der Waals surface area contributed by atoms with E-state index >= 15 is 0 Å². The van der Waals surface area contributed by atoms with Crippen LogP contribution in [-0.4, -0.2) is 7.11 Å². The first-order chi connectivity index (χ1) is 8.35. The van der Waals surface area contributed by atoms with Gasteiger partial charge >= 0.3 is 0 Å². The average molecular weight is 228 g/mol. The third-order valence-corrected chi connectivity index (χ3v) is 2.40. The molecule has 0 heterocycles. The van der Waals surface area contributed by atoms with E-state index < -0.39 is 0 Å². The number of para-hydroxylation sites is 1. The van der Waals surface area contributed by atoms with Gasteiger partial charge in [0, 0.05) is 0 Å². The van der Waals surface area contributed by atoms with Crippen molar-refractivity contribution in [1.82, 2.24) is 0 Å². The largest absolute Gasteiger partial charge is 0.497 e. The van der Waals surface area contributed by atoms with Crippen molar-refractivity contribution >= 4 is 11.4 Å². The molecule has 0 N–H and O–H groups in total. The summed E-state index contributed by atoms with van der Waals surface area (Å²) in [6.07, 6.45) is 0. The molecule has 0 amide bonds. The molecule has 4 heteroatoms. The topological polar surface area (TPSA) is 41.9 Å². The Morgan fingerprint density at radius 3 is 2.06 bits per heavy atom. The summed E-state index contributed by atoms with van der Waals surface area (Å²) in [5.41, 5.74) is 1.43. The van der Waals surface area contributed by atoms with Crippen LogP contribution in [0.2, 0.25) is 0 Å². The number of nitrogens with zero attached hydrogens (tertiary/aromatic N) is 2. The highest BCUT2D eigenvalue weighted by Gasteiger charge is 2.08. The molecule has 0 fully saturated rings. The van der Waals surface area contributed by atoms with Gasteiger partial charge in [-0.15, -0.1) is 4.91 Å². The van der Waals surface area contributed by atoms with E-state index in [1.54, 1.807) is 31.4 Å². The number of anilines is 2. The molecule has 0 aromatic heterocycles. The molecule has 4 nitrogen and oxygen atoms in total. The molecule has 0 saturated heterocycles. The van der Waals surface area contributed by atoms with E-state index in [-0.39, 0.29) is 0 Å². The molecule has 0 bridgehead atoms. The third kappa shape index (κ3) is 2.42. The molecule has 0 unspecified atom stereocenters. The van der Waals surface area contributed by atoms with E-state index in [1.165, 1.54) is 5.01 Å². The van der Waals surface area contributed by atoms with Crippen LogP contribution >= 0.6 is 0 Å². The van der Waals surface area contributed by atoms with Gasteiger partial charge in [0.05, 0.1) is 23.8 Å². The van der Waals surface area contributed by atoms with Gasteiger partial charge in [0.1, 0.15) is 5.75 Å². The average Bonchev–Trinajstić information content (AvgIpc) is 2.42. The molecule has 0 aliphatic rings. The van der Waals surface area contributed by atoms with Gasteiger partial charge in [-0.2, -0.15) is 5.01 Å². The Hall–Kier alpha value is -2.36. The Labute approximate surface area is 99.4 Å². The van der Waals surface area contributed by atoms with Gasteiger partial charge in [0.2, 0.25) is 0 Å². The van der Waals surface area contributed by atoms with Crippen molar-refractivity contribution in [2.24, 2.45) is 5.29 Å². The second kappa shape index (κ2) is 5.12. The van der Waals surface area contributed by atoms with E-state index in [0.29, 0.717) is 5.69 Å². The Bertz CT molecular complexity index is 483. The minimum atomic E-state index is 0.701. The molecule has 0 aliphatic heterocycles. The fourth-order valence-electron chi connectivity index (χ4n) is 1.54. The van der Waals surface area contributed by atoms with Crippen molar-refractivity contribution in [1.29, 1.82) is 0 Å². The maximum atomic E-state index is 10.9. The van der Waals surface area contributed by atoms with Crippen LogP contribution in [0.4, 0.5) is 11.4 Å². The molecule has 17 heavy (non-hydrogen) atoms. The molecule has 2 aromatic rings. The van der Waals surface area contributed by atoms with E-state index in [0.717, 1.165) is 11.4 Å². The second-order valence-electron chi connectivity index (χ2n) is 3.43. The highest BCUT2D eigenvalue weighted by atomic mass is 16.5. The van der Waals surface area contributed by atoms with Crippen LogP contribution in [0, 0.1) is 4.91 Å². The summed E-state index contributed by atoms with van der Waals surface area (Å²) >= 11 is 0. The van der Waals surface area contributed by atoms with Crippen molar-refractivity contribution in [3.8, 4) is 5.75 Å². The van der Waals surface area contributed by atoms with E-state index in [4.69, 9.17) is 4.74 Å². The van der Waals surface area contributed by atoms with Gasteiger partial charge in [0.25, 0.3) is 0 Å². The fourth-order valence-corrected chi connectivity index (χ4v) is 1.54. The molecule has 0 atom stereocenters. The van der Waals surface area contributed by atoms with Crippen molar-refractivity contribution < 1.29 is 4.74 Å². The number of nitroso groups, excluding NO2 is 1. The van der Waals surface area contributed by atoms with E-state index in [2.05, 4.69) is 5.29 Å². The Morgan fingerprint density at radius 1 is 0.941 bits per heavy atom. The standard InChI is InChI=1S/C13H12N2O2/c1-17-13-9-7-12(8-10-13)15(14-16)11-5-3-2-4-6-11/h2-10H,1H3. The summed E-state index contributed by atoms with van der Waals surface area (Å²) in [5.74, 6) is 0.743. The molecule has 0 saturated carbocycles. The first-order valence-corrected chi connectivity index (χ1v) is 5.17. The molecule has 86 valence electrons. The van der Waals surface area contributed by atoms with Gasteiger partial charge < -0.3 is 4.74 Å². The van der Waals surface area contributed by atoms with Crippen LogP contribution in [0.15, 0.2) is 59.9 Å². The fraction of sp³-hybridized carbons (Fsp3) is 0.0769. The third-order valence-electron chi connectivity index (χ3n) is 2.40. The Kier molecular flexibility index (Phi) is 3.35. The SMILES string of the molecule is COc1ccc(N(N=O)c2ccccc2)cc1. The number of methoxy groups -OCH3 is 1. The van der Waals surface area contributed by atoms with Crippen LogP contribution < -0.4 is 9.75 Å². The smallest absolute Gasteiger partial charge is 0.119 e. The number of benzene rings is 2. The van der Waals surface area contributed by atoms with Crippen molar-refractivity contribution in [2.75, 3.05) is 12.1 Å². The summed E-state index contributed by atoms with van der Waals surface area (Å²) in [6, 6.07) is 16.4. The lowest BCUT2D eigenvalue weighted by Crippen LogP contribution is -2.06. The zero-order chi connectivity index (χ0) is 12.1. The summed E-state index contributed by atoms with van der Waals surface area (Å²) in [7, 11) is 1.60. The molecule has 2 aromatic carbocycles. The molecular formula is C13H12N2O2. The quantitative estimate of drug-likeness (QED) is 0.594. The summed E-state index contributed by atoms with van der Waals surface area (Å²) in [5, 5.41) is 4.36. The summed E-state index contributed by atoms with van der Waals surface area (Å²) < 4.78 is 5.06. The number of rotatable bonds is 4. The first-order valence-electron chi connectivity index (χ1n) is 5.17. The summed E-state index contributed by atoms with van der Waals surface area (Å²) in [4.78, 5) is 10.9. The van der Waals surface area contributed by atoms with Crippen LogP contribution in [0.25, 0.3) is 0 Å². The predicted octanol–water partition coefficient (Wildman–Crippen LogP) is 3.51. The summed E-state index contributed by atoms with van der Waals surface area (Å²) in [6.45, 7) is 0. The number of ether oxygens (including phenoxy) is 1. The van der Waals surface area contributed by atoms with Crippen LogP contribution in [0.1, 0.15) is 0 Å². The Balaban J connectivity index is 2.32. The van der Waals surface area contributed by atoms with Crippen molar-refractivity contribution in [2.45, 2.75) is 0 Å². The molecule has 0 radical (unpaired) electrons. The maximum Gasteiger partial charge on any atom is 0.119 e. The van der Waals surface area contributed by atoms with Crippen LogP contribution in [-0.2, 0) is 0 Å². The minimum Gasteiger partial charge on any atom is -0.497 e. The minimum absolute atomic E-state index is 0.701. The number of hydrogen-bond acceptors (Lipinski definition) is 3. The first kappa shape index (κ1) is 11.1. The van der Waals surface area contributed by atoms with Gasteiger partial charge in [-0.3, -0.25) is 0 Å². The van der Waals surface area contributed by atoms with Gasteiger partial charge in [-0.1, -0.05) is 18.2 Å². The van der Waals surface area contributed by atoms with Crippen LogP contribution in [0.5, 0.6) is 5.75 Å². The second-order valence-corrected chi connectivity index (χ2v) is 3.43. The van der Waals surface area contributed by atoms with Crippen molar-refractivity contribution in [3.63, 3.8) is 0 Å². The lowest BCUT2D eigenvalue weighted by Gasteiger charge is -2.15. The van der Waals surface area contributed by atoms with Gasteiger partial charge in [0.15, 0.2) is 0 Å². The van der Waals surface area contributed by atoms with E-state index in [1.807, 2.05) is 30.3 Å². The highest BCUT2D eigenvalue weighted by molar-refractivity contribution is 5.62. The number of hydrogen-bond donors (Lipinski definition) is 0. The highest BCUT2D eigenvalue weighted by Crippen LogP contribution is 2.26. The molecule has 2 rings (SSSR count). The Morgan fingerprint density at radius 2 is 1.53 bits per heavy atom. The van der Waals surface area contributed by atoms with E-state index in [9.17, 15) is 4.91 Å². The monoisotopic (exact) mass is 228 g/mol. The zero-order valence-electron chi connectivity index (χ0n) is 9.41. The molecule has 0 spiro atoms. The maximum absolute atomic E-state index is 10.9. The van der Waals surface area contributed by atoms with Crippen molar-refractivity contribution in [3.05, 3.63) is 59.5 Å². The van der Waals surface area contributed by atoms with Gasteiger partial charge in [-0.25, -0.2) is 0 Å². The van der Waals surface area contributed by atoms with Crippen LogP contribution in [0.3, 0.4) is 0 Å². The lowest BCUT2D eigenvalue weighted by atomic mass is 10.2. The lowest BCUT2D eigenvalue weighted by molar-refractivity contribution is 0.415. The zero-order valence-corrected chi connectivity index (χ0v) is 9.41. The normalized spacial score (nSPS) is 9.71. The molecule has 0 aliphatic carbocycles. The predicted molar refractivity (Wildman–Crippen MR) is 67.4 cm³/mol.